The number of nitrogens with one attached hydrogen (secondary N) is 2. The Balaban J connectivity index is 0.912. The summed E-state index contributed by atoms with van der Waals surface area (Å²) in [6, 6.07) is 3.66. The molecule has 0 amide bonds. The van der Waals surface area contributed by atoms with E-state index in [4.69, 9.17) is 14.7 Å². The van der Waals surface area contributed by atoms with E-state index in [0.717, 1.165) is 25.2 Å². The first kappa shape index (κ1) is 32.0. The number of carbonyl (C=O) groups excluding carboxylic acids is 1. The molecule has 0 aromatic carbocycles. The Bertz CT molecular complexity index is 1030. The molecule has 0 aliphatic carbocycles. The number of ether oxygens (including phenoxy) is 1. The van der Waals surface area contributed by atoms with Crippen LogP contribution in [-0.2, 0) is 9.53 Å². The molecule has 8 nitrogen and oxygen atoms in total. The highest BCUT2D eigenvalue weighted by Crippen LogP contribution is 2.40. The lowest BCUT2D eigenvalue weighted by atomic mass is 9.89. The minimum atomic E-state index is -0.153. The van der Waals surface area contributed by atoms with Gasteiger partial charge in [-0.05, 0) is 91.4 Å². The molecule has 44 heavy (non-hydrogen) atoms. The molecule has 248 valence electrons. The molecule has 2 N–H and O–H groups in total. The van der Waals surface area contributed by atoms with Gasteiger partial charge in [0, 0.05) is 36.3 Å². The van der Waals surface area contributed by atoms with E-state index in [2.05, 4.69) is 48.1 Å². The Morgan fingerprint density at radius 2 is 1.50 bits per heavy atom. The normalized spacial score (nSPS) is 36.0. The van der Waals surface area contributed by atoms with Gasteiger partial charge in [-0.25, -0.2) is 9.98 Å². The van der Waals surface area contributed by atoms with Gasteiger partial charge in [-0.1, -0.05) is 58.3 Å². The van der Waals surface area contributed by atoms with Crippen molar-refractivity contribution in [2.24, 2.45) is 15.9 Å². The summed E-state index contributed by atoms with van der Waals surface area (Å²) < 4.78 is 6.11. The summed E-state index contributed by atoms with van der Waals surface area (Å²) in [5.41, 5.74) is 0. The van der Waals surface area contributed by atoms with E-state index in [1.807, 2.05) is 0 Å². The van der Waals surface area contributed by atoms with Crippen molar-refractivity contribution in [3.05, 3.63) is 0 Å². The van der Waals surface area contributed by atoms with Gasteiger partial charge in [0.15, 0.2) is 11.9 Å². The van der Waals surface area contributed by atoms with Crippen LogP contribution in [0.25, 0.3) is 0 Å². The van der Waals surface area contributed by atoms with Crippen molar-refractivity contribution in [3.8, 4) is 0 Å². The SMILES string of the molecule is CCCCCCCC[C@@H]1C[C@@H]2CC[C@H]3[C@@H](C(=O)OC(C)CCCCC[C@@H]4C[C@@H]5CC[C@H]6C[C@@H](C)NC(=N4)N56)[C@@H](C)N=C(N1)N23. The molecule has 4 saturated heterocycles. The van der Waals surface area contributed by atoms with Crippen LogP contribution < -0.4 is 10.6 Å². The number of carbonyl (C=O) groups is 1. The number of hydrogen-bond donors (Lipinski definition) is 2. The lowest BCUT2D eigenvalue weighted by Gasteiger charge is -2.47. The number of unbranched alkanes of at least 4 members (excludes halogenated alkanes) is 7. The Morgan fingerprint density at radius 3 is 2.34 bits per heavy atom. The fraction of sp³-hybridized carbons (Fsp3) is 0.917. The third kappa shape index (κ3) is 7.19. The number of esters is 1. The van der Waals surface area contributed by atoms with Crippen LogP contribution in [-0.4, -0.2) is 82.1 Å². The van der Waals surface area contributed by atoms with Gasteiger partial charge < -0.3 is 25.2 Å². The van der Waals surface area contributed by atoms with Crippen molar-refractivity contribution >= 4 is 17.9 Å². The van der Waals surface area contributed by atoms with Crippen LogP contribution in [0.1, 0.15) is 150 Å². The fourth-order valence-electron chi connectivity index (χ4n) is 9.57. The quantitative estimate of drug-likeness (QED) is 0.162. The Labute approximate surface area is 267 Å². The average Bonchev–Trinajstić information content (AvgIpc) is 3.60. The third-order valence-corrected chi connectivity index (χ3v) is 11.8. The van der Waals surface area contributed by atoms with Crippen LogP contribution in [0.3, 0.4) is 0 Å². The maximum Gasteiger partial charge on any atom is 0.313 e. The second-order valence-electron chi connectivity index (χ2n) is 15.4. The summed E-state index contributed by atoms with van der Waals surface area (Å²) in [4.78, 5) is 28.8. The van der Waals surface area contributed by atoms with Crippen LogP contribution in [0.4, 0.5) is 0 Å². The zero-order chi connectivity index (χ0) is 30.6. The summed E-state index contributed by atoms with van der Waals surface area (Å²) in [6.07, 6.45) is 23.5. The van der Waals surface area contributed by atoms with Crippen LogP contribution in [0.15, 0.2) is 9.98 Å². The molecule has 4 fully saturated rings. The standard InChI is InChI=1S/C36H62N6O2/c1-5-6-7-8-9-12-15-28-23-31-19-20-32-33(26(4)38-36(40-28)42(31)32)34(43)44-25(3)14-11-10-13-16-27-22-30-18-17-29-21-24(2)37-35(39-27)41(29)30/h24-33H,5-23H2,1-4H3,(H,37,39)(H,38,40)/t24-,25?,26-,27-,28-,29+,30+,31+,32+,33+/m1/s1. The van der Waals surface area contributed by atoms with Gasteiger partial charge >= 0.3 is 5.97 Å². The van der Waals surface area contributed by atoms with Crippen molar-refractivity contribution in [2.75, 3.05) is 0 Å². The van der Waals surface area contributed by atoms with Gasteiger partial charge in [-0.3, -0.25) is 4.79 Å². The maximum atomic E-state index is 13.5. The topological polar surface area (TPSA) is 81.6 Å². The lowest BCUT2D eigenvalue weighted by Crippen LogP contribution is -2.63. The second-order valence-corrected chi connectivity index (χ2v) is 15.4. The molecule has 0 aromatic rings. The summed E-state index contributed by atoms with van der Waals surface area (Å²) in [6.45, 7) is 8.78. The summed E-state index contributed by atoms with van der Waals surface area (Å²) in [5.74, 6) is 2.06. The maximum absolute atomic E-state index is 13.5. The van der Waals surface area contributed by atoms with E-state index in [0.29, 0.717) is 36.3 Å². The summed E-state index contributed by atoms with van der Waals surface area (Å²) in [7, 11) is 0. The Morgan fingerprint density at radius 1 is 0.818 bits per heavy atom. The number of hydrogen-bond acceptors (Lipinski definition) is 8. The first-order valence-corrected chi connectivity index (χ1v) is 18.9. The molecular formula is C36H62N6O2. The van der Waals surface area contributed by atoms with Crippen molar-refractivity contribution < 1.29 is 9.53 Å². The van der Waals surface area contributed by atoms with E-state index in [-0.39, 0.29) is 30.1 Å². The predicted molar refractivity (Wildman–Crippen MR) is 179 cm³/mol. The number of rotatable bonds is 15. The summed E-state index contributed by atoms with van der Waals surface area (Å²) >= 11 is 0. The van der Waals surface area contributed by atoms with Crippen LogP contribution in [0, 0.1) is 5.92 Å². The highest BCUT2D eigenvalue weighted by atomic mass is 16.5. The number of nitrogens with zero attached hydrogens (tertiary/aromatic N) is 4. The van der Waals surface area contributed by atoms with Gasteiger partial charge in [0.25, 0.3) is 0 Å². The molecular weight excluding hydrogens is 548 g/mol. The van der Waals surface area contributed by atoms with Crippen molar-refractivity contribution in [1.82, 2.24) is 20.4 Å². The molecule has 6 rings (SSSR count). The van der Waals surface area contributed by atoms with Crippen LogP contribution in [0.5, 0.6) is 0 Å². The largest absolute Gasteiger partial charge is 0.462 e. The van der Waals surface area contributed by atoms with E-state index in [1.54, 1.807) is 0 Å². The first-order valence-electron chi connectivity index (χ1n) is 18.9. The number of aliphatic imine (C=N–C) groups is 2. The third-order valence-electron chi connectivity index (χ3n) is 11.8. The highest BCUT2D eigenvalue weighted by molar-refractivity contribution is 5.86. The van der Waals surface area contributed by atoms with Crippen molar-refractivity contribution in [3.63, 3.8) is 0 Å². The number of guanidine groups is 2. The van der Waals surface area contributed by atoms with Crippen LogP contribution >= 0.6 is 0 Å². The smallest absolute Gasteiger partial charge is 0.313 e. The van der Waals surface area contributed by atoms with Crippen molar-refractivity contribution in [2.45, 2.75) is 204 Å². The molecule has 6 heterocycles. The van der Waals surface area contributed by atoms with Gasteiger partial charge in [-0.2, -0.15) is 0 Å². The van der Waals surface area contributed by atoms with Crippen molar-refractivity contribution in [1.29, 1.82) is 0 Å². The minimum absolute atomic E-state index is 0.0284. The molecule has 0 aromatic heterocycles. The van der Waals surface area contributed by atoms with Gasteiger partial charge in [0.1, 0.15) is 0 Å². The van der Waals surface area contributed by atoms with E-state index < -0.39 is 0 Å². The second kappa shape index (κ2) is 14.6. The van der Waals surface area contributed by atoms with Crippen LogP contribution in [0.2, 0.25) is 0 Å². The monoisotopic (exact) mass is 610 g/mol. The zero-order valence-corrected chi connectivity index (χ0v) is 28.3. The van der Waals surface area contributed by atoms with Gasteiger partial charge in [-0.15, -0.1) is 0 Å². The minimum Gasteiger partial charge on any atom is -0.462 e. The molecule has 1 unspecified atom stereocenters. The highest BCUT2D eigenvalue weighted by Gasteiger charge is 2.51. The van der Waals surface area contributed by atoms with E-state index >= 15 is 0 Å². The van der Waals surface area contributed by atoms with Gasteiger partial charge in [0.2, 0.25) is 0 Å². The predicted octanol–water partition coefficient (Wildman–Crippen LogP) is 6.53. The van der Waals surface area contributed by atoms with E-state index in [1.165, 1.54) is 109 Å². The Kier molecular flexibility index (Phi) is 10.6. The first-order chi connectivity index (χ1) is 21.4. The Hall–Kier alpha value is -1.99. The zero-order valence-electron chi connectivity index (χ0n) is 28.3. The molecule has 0 bridgehead atoms. The molecule has 0 spiro atoms. The molecule has 6 aliphatic heterocycles. The van der Waals surface area contributed by atoms with Gasteiger partial charge in [0.05, 0.1) is 24.1 Å². The summed E-state index contributed by atoms with van der Waals surface area (Å²) in [5, 5.41) is 7.45. The van der Waals surface area contributed by atoms with E-state index in [9.17, 15) is 4.79 Å². The molecule has 0 saturated carbocycles. The fourth-order valence-corrected chi connectivity index (χ4v) is 9.57. The molecule has 10 atom stereocenters. The molecule has 6 aliphatic rings. The molecule has 0 radical (unpaired) electrons. The lowest BCUT2D eigenvalue weighted by molar-refractivity contribution is -0.156. The average molecular weight is 611 g/mol. The molecule has 8 heteroatoms.